The number of amides is 3. The number of nitrogens with one attached hydrogen (secondary N) is 3. The molecule has 19 heavy (non-hydrogen) atoms. The van der Waals surface area contributed by atoms with Gasteiger partial charge in [-0.3, -0.25) is 10.2 Å². The fourth-order valence-corrected chi connectivity index (χ4v) is 1.60. The van der Waals surface area contributed by atoms with Gasteiger partial charge in [0.1, 0.15) is 0 Å². The highest BCUT2D eigenvalue weighted by atomic mass is 79.9. The minimum Gasteiger partial charge on any atom is -0.444 e. The van der Waals surface area contributed by atoms with E-state index in [-0.39, 0.29) is 5.76 Å². The van der Waals surface area contributed by atoms with Gasteiger partial charge in [0.05, 0.1) is 0 Å². The number of rotatable bonds is 2. The second-order valence-electron chi connectivity index (χ2n) is 3.50. The minimum atomic E-state index is -0.551. The number of carbonyl (C=O) groups excluding carboxylic acids is 2. The molecule has 2 aromatic rings. The maximum absolute atomic E-state index is 11.5. The molecule has 0 atom stereocenters. The molecule has 0 spiro atoms. The van der Waals surface area contributed by atoms with Crippen LogP contribution in [0.15, 0.2) is 51.6 Å². The van der Waals surface area contributed by atoms with Crippen LogP contribution in [0.5, 0.6) is 0 Å². The van der Waals surface area contributed by atoms with Crippen LogP contribution < -0.4 is 16.2 Å². The van der Waals surface area contributed by atoms with Gasteiger partial charge in [-0.2, -0.15) is 0 Å². The lowest BCUT2D eigenvalue weighted by Gasteiger charge is -2.07. The van der Waals surface area contributed by atoms with Crippen molar-refractivity contribution in [2.45, 2.75) is 0 Å². The van der Waals surface area contributed by atoms with Crippen molar-refractivity contribution in [2.75, 3.05) is 5.32 Å². The van der Waals surface area contributed by atoms with Gasteiger partial charge < -0.3 is 9.73 Å². The molecule has 3 amide bonds. The van der Waals surface area contributed by atoms with Gasteiger partial charge in [0.25, 0.3) is 0 Å². The molecule has 6 nitrogen and oxygen atoms in total. The molecular weight excluding hydrogens is 314 g/mol. The van der Waals surface area contributed by atoms with E-state index in [1.54, 1.807) is 30.3 Å². The zero-order valence-corrected chi connectivity index (χ0v) is 11.2. The van der Waals surface area contributed by atoms with Gasteiger partial charge in [-0.1, -0.05) is 18.2 Å². The average Bonchev–Trinajstić information content (AvgIpc) is 2.84. The van der Waals surface area contributed by atoms with Gasteiger partial charge >= 0.3 is 11.9 Å². The van der Waals surface area contributed by atoms with Gasteiger partial charge in [0, 0.05) is 5.69 Å². The van der Waals surface area contributed by atoms with Crippen molar-refractivity contribution < 1.29 is 14.0 Å². The van der Waals surface area contributed by atoms with Crippen molar-refractivity contribution in [1.82, 2.24) is 10.9 Å². The van der Waals surface area contributed by atoms with E-state index in [1.165, 1.54) is 6.07 Å². The molecule has 0 saturated carbocycles. The molecule has 2 rings (SSSR count). The zero-order valence-electron chi connectivity index (χ0n) is 9.64. The molecule has 0 bridgehead atoms. The average molecular weight is 324 g/mol. The van der Waals surface area contributed by atoms with E-state index >= 15 is 0 Å². The molecule has 7 heteroatoms. The van der Waals surface area contributed by atoms with Gasteiger partial charge in [-0.25, -0.2) is 10.2 Å². The Labute approximate surface area is 117 Å². The van der Waals surface area contributed by atoms with E-state index in [2.05, 4.69) is 32.1 Å². The molecule has 1 aromatic heterocycles. The quantitative estimate of drug-likeness (QED) is 0.742. The Hall–Kier alpha value is -2.28. The Morgan fingerprint density at radius 1 is 1.00 bits per heavy atom. The van der Waals surface area contributed by atoms with E-state index < -0.39 is 11.9 Å². The number of benzene rings is 1. The fourth-order valence-electron chi connectivity index (χ4n) is 1.30. The predicted octanol–water partition coefficient (Wildman–Crippen LogP) is 2.51. The Morgan fingerprint density at radius 2 is 1.74 bits per heavy atom. The predicted molar refractivity (Wildman–Crippen MR) is 72.5 cm³/mol. The summed E-state index contributed by atoms with van der Waals surface area (Å²) in [6.45, 7) is 0. The number of furan rings is 1. The number of hydrogen-bond donors (Lipinski definition) is 3. The van der Waals surface area contributed by atoms with E-state index in [0.29, 0.717) is 10.4 Å². The molecule has 1 aromatic carbocycles. The van der Waals surface area contributed by atoms with Crippen LogP contribution in [0.4, 0.5) is 10.5 Å². The lowest BCUT2D eigenvalue weighted by atomic mass is 10.3. The maximum Gasteiger partial charge on any atom is 0.337 e. The first-order valence-corrected chi connectivity index (χ1v) is 6.12. The van der Waals surface area contributed by atoms with Crippen molar-refractivity contribution in [3.63, 3.8) is 0 Å². The standard InChI is InChI=1S/C12H10BrN3O3/c13-10-7-6-9(19-10)11(17)15-16-12(18)14-8-4-2-1-3-5-8/h1-7H,(H,15,17)(H2,14,16,18). The highest BCUT2D eigenvalue weighted by Crippen LogP contribution is 2.13. The van der Waals surface area contributed by atoms with Crippen molar-refractivity contribution >= 4 is 33.6 Å². The first-order valence-electron chi connectivity index (χ1n) is 5.33. The van der Waals surface area contributed by atoms with Crippen LogP contribution >= 0.6 is 15.9 Å². The summed E-state index contributed by atoms with van der Waals surface area (Å²) in [6.07, 6.45) is 0. The third kappa shape index (κ3) is 3.85. The summed E-state index contributed by atoms with van der Waals surface area (Å²) in [5.41, 5.74) is 5.05. The number of urea groups is 1. The Balaban J connectivity index is 1.82. The maximum atomic E-state index is 11.5. The molecule has 0 unspecified atom stereocenters. The van der Waals surface area contributed by atoms with Gasteiger partial charge in [-0.05, 0) is 40.2 Å². The largest absolute Gasteiger partial charge is 0.444 e. The Bertz CT molecular complexity index is 583. The summed E-state index contributed by atoms with van der Waals surface area (Å²) in [4.78, 5) is 23.0. The summed E-state index contributed by atoms with van der Waals surface area (Å²) in [5.74, 6) is -0.458. The number of carbonyl (C=O) groups is 2. The van der Waals surface area contributed by atoms with Crippen molar-refractivity contribution in [1.29, 1.82) is 0 Å². The van der Waals surface area contributed by atoms with Gasteiger partial charge in [-0.15, -0.1) is 0 Å². The fraction of sp³-hybridized carbons (Fsp3) is 0. The zero-order chi connectivity index (χ0) is 13.7. The second-order valence-corrected chi connectivity index (χ2v) is 4.28. The van der Waals surface area contributed by atoms with Crippen LogP contribution in [-0.4, -0.2) is 11.9 Å². The number of para-hydroxylation sites is 1. The summed E-state index contributed by atoms with van der Waals surface area (Å²) in [5, 5.41) is 2.55. The van der Waals surface area contributed by atoms with E-state index in [0.717, 1.165) is 0 Å². The topological polar surface area (TPSA) is 83.4 Å². The third-order valence-corrected chi connectivity index (χ3v) is 2.54. The van der Waals surface area contributed by atoms with Crippen molar-refractivity contribution in [2.24, 2.45) is 0 Å². The normalized spacial score (nSPS) is 9.74. The summed E-state index contributed by atoms with van der Waals surface area (Å²) in [7, 11) is 0. The molecular formula is C12H10BrN3O3. The van der Waals surface area contributed by atoms with E-state index in [1.807, 2.05) is 6.07 Å². The van der Waals surface area contributed by atoms with Crippen LogP contribution in [-0.2, 0) is 0 Å². The number of hydrogen-bond acceptors (Lipinski definition) is 3. The molecule has 0 aliphatic heterocycles. The van der Waals surface area contributed by atoms with Crippen molar-refractivity contribution in [3.8, 4) is 0 Å². The van der Waals surface area contributed by atoms with Crippen molar-refractivity contribution in [3.05, 3.63) is 52.9 Å². The molecule has 0 aliphatic carbocycles. The molecule has 0 fully saturated rings. The second kappa shape index (κ2) is 6.05. The molecule has 3 N–H and O–H groups in total. The lowest BCUT2D eigenvalue weighted by molar-refractivity contribution is 0.0909. The van der Waals surface area contributed by atoms with Gasteiger partial charge in [0.2, 0.25) is 0 Å². The van der Waals surface area contributed by atoms with E-state index in [4.69, 9.17) is 4.42 Å². The van der Waals surface area contributed by atoms with Gasteiger partial charge in [0.15, 0.2) is 10.4 Å². The number of anilines is 1. The molecule has 0 radical (unpaired) electrons. The SMILES string of the molecule is O=C(NNC(=O)c1ccc(Br)o1)Nc1ccccc1. The van der Waals surface area contributed by atoms with E-state index in [9.17, 15) is 9.59 Å². The van der Waals surface area contributed by atoms with Crippen LogP contribution in [0.2, 0.25) is 0 Å². The van der Waals surface area contributed by atoms with Crippen LogP contribution in [0.25, 0.3) is 0 Å². The summed E-state index contributed by atoms with van der Waals surface area (Å²) >= 11 is 3.08. The Morgan fingerprint density at radius 3 is 2.37 bits per heavy atom. The van der Waals surface area contributed by atoms with Crippen LogP contribution in [0.1, 0.15) is 10.6 Å². The monoisotopic (exact) mass is 323 g/mol. The molecule has 98 valence electrons. The smallest absolute Gasteiger partial charge is 0.337 e. The minimum absolute atomic E-state index is 0.0897. The Kier molecular flexibility index (Phi) is 4.19. The summed E-state index contributed by atoms with van der Waals surface area (Å²) in [6, 6.07) is 11.4. The first kappa shape index (κ1) is 13.2. The highest BCUT2D eigenvalue weighted by Gasteiger charge is 2.11. The highest BCUT2D eigenvalue weighted by molar-refractivity contribution is 9.10. The summed E-state index contributed by atoms with van der Waals surface area (Å²) < 4.78 is 5.47. The number of halogens is 1. The molecule has 0 saturated heterocycles. The van der Waals surface area contributed by atoms with Crippen LogP contribution in [0.3, 0.4) is 0 Å². The lowest BCUT2D eigenvalue weighted by Crippen LogP contribution is -2.43. The number of hydrazine groups is 1. The third-order valence-electron chi connectivity index (χ3n) is 2.12. The first-order chi connectivity index (χ1) is 9.15. The molecule has 0 aliphatic rings. The van der Waals surface area contributed by atoms with Crippen LogP contribution in [0, 0.1) is 0 Å². The molecule has 1 heterocycles.